The first kappa shape index (κ1) is 18.1. The van der Waals surface area contributed by atoms with Crippen LogP contribution in [0.1, 0.15) is 31.3 Å². The summed E-state index contributed by atoms with van der Waals surface area (Å²) in [6.45, 7) is 8.38. The topological polar surface area (TPSA) is 24.9 Å². The maximum Gasteiger partial charge on any atom is 0.183 e. The van der Waals surface area contributed by atoms with Crippen molar-refractivity contribution < 1.29 is 9.47 Å². The van der Waals surface area contributed by atoms with E-state index in [1.165, 1.54) is 5.56 Å². The van der Waals surface area contributed by atoms with Crippen LogP contribution < -0.4 is 0 Å². The van der Waals surface area contributed by atoms with E-state index in [4.69, 9.17) is 9.47 Å². The van der Waals surface area contributed by atoms with Crippen LogP contribution in [0.3, 0.4) is 0 Å². The predicted octanol–water partition coefficient (Wildman–Crippen LogP) is 2.75. The third-order valence-electron chi connectivity index (χ3n) is 3.27. The highest BCUT2D eigenvalue weighted by molar-refractivity contribution is 5.23. The third-order valence-corrected chi connectivity index (χ3v) is 3.27. The van der Waals surface area contributed by atoms with E-state index in [9.17, 15) is 0 Å². The lowest BCUT2D eigenvalue weighted by Crippen LogP contribution is -2.28. The van der Waals surface area contributed by atoms with Gasteiger partial charge in [0.25, 0.3) is 0 Å². The summed E-state index contributed by atoms with van der Waals surface area (Å²) in [4.78, 5) is 4.53. The van der Waals surface area contributed by atoms with Gasteiger partial charge in [0.05, 0.1) is 0 Å². The molecule has 0 aliphatic carbocycles. The van der Waals surface area contributed by atoms with Crippen LogP contribution in [0.15, 0.2) is 24.3 Å². The lowest BCUT2D eigenvalue weighted by Gasteiger charge is -2.20. The van der Waals surface area contributed by atoms with Crippen molar-refractivity contribution in [2.45, 2.75) is 26.7 Å². The monoisotopic (exact) mass is 294 g/mol. The van der Waals surface area contributed by atoms with Gasteiger partial charge in [-0.3, -0.25) is 0 Å². The molecule has 0 spiro atoms. The molecule has 0 saturated carbocycles. The molecule has 0 aliphatic rings. The molecule has 120 valence electrons. The van der Waals surface area contributed by atoms with Gasteiger partial charge in [0, 0.05) is 38.4 Å². The molecule has 1 aromatic rings. The quantitative estimate of drug-likeness (QED) is 0.620. The minimum absolute atomic E-state index is 0.250. The fraction of sp³-hybridized carbons (Fsp3) is 0.647. The molecule has 0 unspecified atom stereocenters. The minimum Gasteiger partial charge on any atom is -0.349 e. The van der Waals surface area contributed by atoms with Crippen molar-refractivity contribution >= 4 is 0 Å². The van der Waals surface area contributed by atoms with Gasteiger partial charge in [-0.2, -0.15) is 0 Å². The molecule has 0 fully saturated rings. The van der Waals surface area contributed by atoms with Gasteiger partial charge in [0.1, 0.15) is 0 Å². The van der Waals surface area contributed by atoms with Crippen LogP contribution in [-0.2, 0) is 16.0 Å². The first-order valence-electron chi connectivity index (χ1n) is 7.72. The standard InChI is InChI=1S/C17H30N2O2/c1-6-20-17(21-7-2)16-10-8-15(9-11-16)14-19(5)13-12-18(3)4/h8-11,17H,6-7,12-14H2,1-5H3. The molecule has 1 aromatic carbocycles. The average Bonchev–Trinajstić information content (AvgIpc) is 2.46. The van der Waals surface area contributed by atoms with Crippen molar-refractivity contribution in [3.05, 3.63) is 35.4 Å². The van der Waals surface area contributed by atoms with Gasteiger partial charge in [-0.15, -0.1) is 0 Å². The summed E-state index contributed by atoms with van der Waals surface area (Å²) in [5.41, 5.74) is 2.39. The lowest BCUT2D eigenvalue weighted by atomic mass is 10.1. The summed E-state index contributed by atoms with van der Waals surface area (Å²) in [6.07, 6.45) is -0.250. The molecule has 0 N–H and O–H groups in total. The zero-order valence-electron chi connectivity index (χ0n) is 14.1. The van der Waals surface area contributed by atoms with E-state index in [0.29, 0.717) is 13.2 Å². The van der Waals surface area contributed by atoms with Gasteiger partial charge >= 0.3 is 0 Å². The molecule has 0 radical (unpaired) electrons. The molecule has 1 rings (SSSR count). The summed E-state index contributed by atoms with van der Waals surface area (Å²) in [7, 11) is 6.36. The summed E-state index contributed by atoms with van der Waals surface area (Å²) >= 11 is 0. The summed E-state index contributed by atoms with van der Waals surface area (Å²) in [6, 6.07) is 8.52. The average molecular weight is 294 g/mol. The van der Waals surface area contributed by atoms with Crippen molar-refractivity contribution in [1.29, 1.82) is 0 Å². The van der Waals surface area contributed by atoms with E-state index < -0.39 is 0 Å². The van der Waals surface area contributed by atoms with Crippen LogP contribution in [0.25, 0.3) is 0 Å². The molecule has 21 heavy (non-hydrogen) atoms. The normalized spacial score (nSPS) is 11.8. The SMILES string of the molecule is CCOC(OCC)c1ccc(CN(C)CCN(C)C)cc1. The Morgan fingerprint density at radius 2 is 1.48 bits per heavy atom. The highest BCUT2D eigenvalue weighted by Crippen LogP contribution is 2.19. The molecule has 0 heterocycles. The number of likely N-dealkylation sites (N-methyl/N-ethyl adjacent to an activating group) is 2. The van der Waals surface area contributed by atoms with Gasteiger partial charge in [0.2, 0.25) is 0 Å². The molecular weight excluding hydrogens is 264 g/mol. The van der Waals surface area contributed by atoms with Crippen LogP contribution in [0, 0.1) is 0 Å². The minimum atomic E-state index is -0.250. The molecular formula is C17H30N2O2. The molecule has 0 saturated heterocycles. The fourth-order valence-corrected chi connectivity index (χ4v) is 2.08. The molecule has 0 atom stereocenters. The number of hydrogen-bond donors (Lipinski definition) is 0. The Kier molecular flexibility index (Phi) is 8.54. The smallest absolute Gasteiger partial charge is 0.183 e. The molecule has 4 heteroatoms. The maximum absolute atomic E-state index is 5.62. The Bertz CT molecular complexity index is 373. The molecule has 0 aromatic heterocycles. The Labute approximate surface area is 129 Å². The van der Waals surface area contributed by atoms with Crippen molar-refractivity contribution in [2.24, 2.45) is 0 Å². The Balaban J connectivity index is 2.56. The summed E-state index contributed by atoms with van der Waals surface area (Å²) < 4.78 is 11.2. The van der Waals surface area contributed by atoms with E-state index in [0.717, 1.165) is 25.2 Å². The second kappa shape index (κ2) is 9.90. The summed E-state index contributed by atoms with van der Waals surface area (Å²) in [5.74, 6) is 0. The van der Waals surface area contributed by atoms with E-state index in [2.05, 4.69) is 55.2 Å². The second-order valence-corrected chi connectivity index (χ2v) is 5.53. The van der Waals surface area contributed by atoms with Crippen LogP contribution in [-0.4, -0.2) is 57.2 Å². The molecule has 0 bridgehead atoms. The second-order valence-electron chi connectivity index (χ2n) is 5.53. The van der Waals surface area contributed by atoms with Gasteiger partial charge in [-0.25, -0.2) is 0 Å². The van der Waals surface area contributed by atoms with Crippen LogP contribution in [0.5, 0.6) is 0 Å². The van der Waals surface area contributed by atoms with E-state index in [1.54, 1.807) is 0 Å². The van der Waals surface area contributed by atoms with Gasteiger partial charge in [0.15, 0.2) is 6.29 Å². The Morgan fingerprint density at radius 3 is 1.95 bits per heavy atom. The number of hydrogen-bond acceptors (Lipinski definition) is 4. The van der Waals surface area contributed by atoms with Crippen molar-refractivity contribution in [1.82, 2.24) is 9.80 Å². The van der Waals surface area contributed by atoms with Crippen LogP contribution >= 0.6 is 0 Å². The number of rotatable bonds is 10. The largest absolute Gasteiger partial charge is 0.349 e. The van der Waals surface area contributed by atoms with Crippen LogP contribution in [0.2, 0.25) is 0 Å². The van der Waals surface area contributed by atoms with Crippen molar-refractivity contribution in [2.75, 3.05) is 47.4 Å². The number of benzene rings is 1. The first-order chi connectivity index (χ1) is 10.1. The third kappa shape index (κ3) is 7.05. The van der Waals surface area contributed by atoms with Gasteiger partial charge in [-0.05, 0) is 40.6 Å². The van der Waals surface area contributed by atoms with Gasteiger partial charge < -0.3 is 19.3 Å². The van der Waals surface area contributed by atoms with Gasteiger partial charge in [-0.1, -0.05) is 24.3 Å². The van der Waals surface area contributed by atoms with E-state index in [-0.39, 0.29) is 6.29 Å². The Morgan fingerprint density at radius 1 is 0.905 bits per heavy atom. The fourth-order valence-electron chi connectivity index (χ4n) is 2.08. The molecule has 0 amide bonds. The van der Waals surface area contributed by atoms with E-state index >= 15 is 0 Å². The van der Waals surface area contributed by atoms with Crippen molar-refractivity contribution in [3.63, 3.8) is 0 Å². The van der Waals surface area contributed by atoms with E-state index in [1.807, 2.05) is 13.8 Å². The van der Waals surface area contributed by atoms with Crippen LogP contribution in [0.4, 0.5) is 0 Å². The highest BCUT2D eigenvalue weighted by Gasteiger charge is 2.11. The molecule has 4 nitrogen and oxygen atoms in total. The zero-order chi connectivity index (χ0) is 15.7. The molecule has 0 aliphatic heterocycles. The van der Waals surface area contributed by atoms with Crippen molar-refractivity contribution in [3.8, 4) is 0 Å². The number of ether oxygens (including phenoxy) is 2. The zero-order valence-corrected chi connectivity index (χ0v) is 14.1. The predicted molar refractivity (Wildman–Crippen MR) is 87.3 cm³/mol. The summed E-state index contributed by atoms with van der Waals surface area (Å²) in [5, 5.41) is 0. The number of nitrogens with zero attached hydrogens (tertiary/aromatic N) is 2. The first-order valence-corrected chi connectivity index (χ1v) is 7.72. The maximum atomic E-state index is 5.62. The highest BCUT2D eigenvalue weighted by atomic mass is 16.7. The Hall–Kier alpha value is -0.940. The lowest BCUT2D eigenvalue weighted by molar-refractivity contribution is -0.140.